The Hall–Kier alpha value is -1.38. The highest BCUT2D eigenvalue weighted by Crippen LogP contribution is 2.07. The molecule has 0 unspecified atom stereocenters. The summed E-state index contributed by atoms with van der Waals surface area (Å²) in [5.41, 5.74) is 4.83. The van der Waals surface area contributed by atoms with E-state index in [9.17, 15) is 0 Å². The van der Waals surface area contributed by atoms with Crippen molar-refractivity contribution in [2.75, 3.05) is 0 Å². The normalized spacial score (nSPS) is 10.6. The highest BCUT2D eigenvalue weighted by atomic mass is 35.5. The average Bonchev–Trinajstić information content (AvgIpc) is 2.40. The molecule has 1 aromatic carbocycles. The number of rotatable bonds is 5. The van der Waals surface area contributed by atoms with Gasteiger partial charge in [0.15, 0.2) is 0 Å². The van der Waals surface area contributed by atoms with Crippen molar-refractivity contribution < 1.29 is 0 Å². The fourth-order valence-electron chi connectivity index (χ4n) is 1.81. The monoisotopic (exact) mass is 260 g/mol. The van der Waals surface area contributed by atoms with Crippen LogP contribution in [0.25, 0.3) is 0 Å². The number of nitrogens with one attached hydrogen (secondary N) is 1. The van der Waals surface area contributed by atoms with Gasteiger partial charge in [0.2, 0.25) is 0 Å². The highest BCUT2D eigenvalue weighted by Gasteiger charge is 1.96. The molecule has 3 heteroatoms. The fraction of sp³-hybridized carbons (Fsp3) is 0.267. The summed E-state index contributed by atoms with van der Waals surface area (Å²) in [4.78, 5) is 4.18. The lowest BCUT2D eigenvalue weighted by atomic mass is 10.1. The molecule has 0 saturated carbocycles. The van der Waals surface area contributed by atoms with E-state index in [4.69, 9.17) is 11.6 Å². The molecule has 0 atom stereocenters. The number of alkyl halides is 1. The summed E-state index contributed by atoms with van der Waals surface area (Å²) in [6, 6.07) is 10.5. The lowest BCUT2D eigenvalue weighted by Crippen LogP contribution is -2.12. The third kappa shape index (κ3) is 3.83. The predicted octanol–water partition coefficient (Wildman–Crippen LogP) is 3.42. The Morgan fingerprint density at radius 3 is 2.33 bits per heavy atom. The molecule has 0 saturated heterocycles. The van der Waals surface area contributed by atoms with Crippen molar-refractivity contribution in [1.29, 1.82) is 0 Å². The average molecular weight is 261 g/mol. The molecule has 18 heavy (non-hydrogen) atoms. The Balaban J connectivity index is 1.84. The number of benzene rings is 1. The molecule has 0 spiro atoms. The van der Waals surface area contributed by atoms with Crippen LogP contribution < -0.4 is 5.32 Å². The summed E-state index contributed by atoms with van der Waals surface area (Å²) in [6.07, 6.45) is 3.77. The van der Waals surface area contributed by atoms with Gasteiger partial charge in [0.05, 0.1) is 0 Å². The summed E-state index contributed by atoms with van der Waals surface area (Å²) in [5, 5.41) is 3.41. The summed E-state index contributed by atoms with van der Waals surface area (Å²) in [7, 11) is 0. The van der Waals surface area contributed by atoms with Gasteiger partial charge in [-0.3, -0.25) is 4.98 Å². The Morgan fingerprint density at radius 1 is 1.00 bits per heavy atom. The van der Waals surface area contributed by atoms with E-state index in [0.717, 1.165) is 18.7 Å². The minimum atomic E-state index is 0.572. The number of pyridine rings is 1. The Labute approximate surface area is 113 Å². The Bertz CT molecular complexity index is 494. The lowest BCUT2D eigenvalue weighted by Gasteiger charge is -2.06. The van der Waals surface area contributed by atoms with Crippen molar-refractivity contribution in [3.63, 3.8) is 0 Å². The zero-order valence-electron chi connectivity index (χ0n) is 10.5. The standard InChI is InChI=1S/C15H17ClN2/c1-12-6-15(10-17-8-12)11-18-9-14-4-2-13(7-16)3-5-14/h2-6,8,10,18H,7,9,11H2,1H3. The third-order valence-electron chi connectivity index (χ3n) is 2.77. The van der Waals surface area contributed by atoms with E-state index in [1.54, 1.807) is 0 Å². The molecule has 0 aliphatic rings. The van der Waals surface area contributed by atoms with Gasteiger partial charge in [0.25, 0.3) is 0 Å². The number of nitrogens with zero attached hydrogens (tertiary/aromatic N) is 1. The smallest absolute Gasteiger partial charge is 0.0474 e. The van der Waals surface area contributed by atoms with E-state index in [0.29, 0.717) is 5.88 Å². The van der Waals surface area contributed by atoms with Gasteiger partial charge in [-0.1, -0.05) is 30.3 Å². The van der Waals surface area contributed by atoms with Gasteiger partial charge in [0, 0.05) is 31.4 Å². The largest absolute Gasteiger partial charge is 0.309 e. The maximum atomic E-state index is 5.76. The van der Waals surface area contributed by atoms with Gasteiger partial charge >= 0.3 is 0 Å². The Morgan fingerprint density at radius 2 is 1.67 bits per heavy atom. The van der Waals surface area contributed by atoms with Crippen LogP contribution in [0.15, 0.2) is 42.7 Å². The molecule has 1 N–H and O–H groups in total. The van der Waals surface area contributed by atoms with Crippen molar-refractivity contribution in [3.8, 4) is 0 Å². The number of hydrogen-bond acceptors (Lipinski definition) is 2. The second-order valence-corrected chi connectivity index (χ2v) is 4.69. The number of aryl methyl sites for hydroxylation is 1. The van der Waals surface area contributed by atoms with Crippen molar-refractivity contribution in [1.82, 2.24) is 10.3 Å². The maximum absolute atomic E-state index is 5.76. The van der Waals surface area contributed by atoms with Crippen LogP contribution in [0.5, 0.6) is 0 Å². The van der Waals surface area contributed by atoms with Crippen LogP contribution in [0.4, 0.5) is 0 Å². The van der Waals surface area contributed by atoms with Crippen LogP contribution in [-0.4, -0.2) is 4.98 Å². The molecule has 1 aromatic heterocycles. The predicted molar refractivity (Wildman–Crippen MR) is 75.5 cm³/mol. The summed E-state index contributed by atoms with van der Waals surface area (Å²) < 4.78 is 0. The first-order valence-corrected chi connectivity index (χ1v) is 6.56. The van der Waals surface area contributed by atoms with Crippen LogP contribution in [0.1, 0.15) is 22.3 Å². The van der Waals surface area contributed by atoms with Crippen molar-refractivity contribution in [2.45, 2.75) is 25.9 Å². The van der Waals surface area contributed by atoms with E-state index in [1.165, 1.54) is 16.7 Å². The SMILES string of the molecule is Cc1cncc(CNCc2ccc(CCl)cc2)c1. The van der Waals surface area contributed by atoms with Gasteiger partial charge in [-0.25, -0.2) is 0 Å². The first kappa shape index (κ1) is 13.1. The third-order valence-corrected chi connectivity index (χ3v) is 3.08. The van der Waals surface area contributed by atoms with Crippen LogP contribution in [-0.2, 0) is 19.0 Å². The fourth-order valence-corrected chi connectivity index (χ4v) is 1.99. The van der Waals surface area contributed by atoms with Crippen molar-refractivity contribution in [3.05, 3.63) is 65.0 Å². The van der Waals surface area contributed by atoms with Gasteiger partial charge in [0.1, 0.15) is 0 Å². The molecular formula is C15H17ClN2. The van der Waals surface area contributed by atoms with Gasteiger partial charge < -0.3 is 5.32 Å². The number of halogens is 1. The van der Waals surface area contributed by atoms with E-state index in [2.05, 4.69) is 47.6 Å². The molecule has 2 nitrogen and oxygen atoms in total. The number of hydrogen-bond donors (Lipinski definition) is 1. The topological polar surface area (TPSA) is 24.9 Å². The van der Waals surface area contributed by atoms with Gasteiger partial charge in [-0.15, -0.1) is 11.6 Å². The Kier molecular flexibility index (Phi) is 4.73. The van der Waals surface area contributed by atoms with E-state index >= 15 is 0 Å². The molecule has 0 aliphatic carbocycles. The minimum absolute atomic E-state index is 0.572. The minimum Gasteiger partial charge on any atom is -0.309 e. The van der Waals surface area contributed by atoms with E-state index in [1.807, 2.05) is 12.4 Å². The van der Waals surface area contributed by atoms with Gasteiger partial charge in [-0.05, 0) is 29.2 Å². The van der Waals surface area contributed by atoms with E-state index < -0.39 is 0 Å². The van der Waals surface area contributed by atoms with Crippen molar-refractivity contribution >= 4 is 11.6 Å². The summed E-state index contributed by atoms with van der Waals surface area (Å²) >= 11 is 5.76. The molecule has 2 rings (SSSR count). The second-order valence-electron chi connectivity index (χ2n) is 4.42. The quantitative estimate of drug-likeness (QED) is 0.834. The molecule has 0 amide bonds. The zero-order chi connectivity index (χ0) is 12.8. The van der Waals surface area contributed by atoms with Gasteiger partial charge in [-0.2, -0.15) is 0 Å². The van der Waals surface area contributed by atoms with E-state index in [-0.39, 0.29) is 0 Å². The first-order valence-electron chi connectivity index (χ1n) is 6.03. The molecule has 2 aromatic rings. The molecular weight excluding hydrogens is 244 g/mol. The van der Waals surface area contributed by atoms with Crippen LogP contribution in [0.3, 0.4) is 0 Å². The first-order chi connectivity index (χ1) is 8.78. The molecule has 0 bridgehead atoms. The molecule has 0 aliphatic heterocycles. The molecule has 94 valence electrons. The van der Waals surface area contributed by atoms with Crippen LogP contribution in [0, 0.1) is 6.92 Å². The summed E-state index contributed by atoms with van der Waals surface area (Å²) in [6.45, 7) is 3.75. The molecule has 1 heterocycles. The van der Waals surface area contributed by atoms with Crippen molar-refractivity contribution in [2.24, 2.45) is 0 Å². The number of aromatic nitrogens is 1. The highest BCUT2D eigenvalue weighted by molar-refractivity contribution is 6.17. The zero-order valence-corrected chi connectivity index (χ0v) is 11.2. The van der Waals surface area contributed by atoms with Crippen LogP contribution in [0.2, 0.25) is 0 Å². The molecule has 0 fully saturated rings. The molecule has 0 radical (unpaired) electrons. The van der Waals surface area contributed by atoms with Crippen LogP contribution >= 0.6 is 11.6 Å². The summed E-state index contributed by atoms with van der Waals surface area (Å²) in [5.74, 6) is 0.572. The maximum Gasteiger partial charge on any atom is 0.0474 e. The second kappa shape index (κ2) is 6.53. The lowest BCUT2D eigenvalue weighted by molar-refractivity contribution is 0.691.